The minimum absolute atomic E-state index is 0.00487. The van der Waals surface area contributed by atoms with E-state index in [4.69, 9.17) is 0 Å². The molecule has 0 atom stereocenters. The van der Waals surface area contributed by atoms with Crippen LogP contribution in [-0.2, 0) is 11.3 Å². The summed E-state index contributed by atoms with van der Waals surface area (Å²) >= 11 is 0. The zero-order chi connectivity index (χ0) is 21.7. The first kappa shape index (κ1) is 22.0. The summed E-state index contributed by atoms with van der Waals surface area (Å²) in [5, 5.41) is 8.61. The normalized spacial score (nSPS) is 15.0. The van der Waals surface area contributed by atoms with Crippen LogP contribution < -0.4 is 10.9 Å². The third-order valence-corrected chi connectivity index (χ3v) is 5.69. The third-order valence-electron chi connectivity index (χ3n) is 5.69. The van der Waals surface area contributed by atoms with E-state index in [9.17, 15) is 14.4 Å². The first-order valence-electron chi connectivity index (χ1n) is 11.0. The Hall–Kier alpha value is -2.70. The van der Waals surface area contributed by atoms with Gasteiger partial charge in [0.1, 0.15) is 0 Å². The van der Waals surface area contributed by atoms with Gasteiger partial charge in [0.2, 0.25) is 5.91 Å². The summed E-state index contributed by atoms with van der Waals surface area (Å²) in [4.78, 5) is 39.9. The largest absolute Gasteiger partial charge is 0.348 e. The first-order valence-corrected chi connectivity index (χ1v) is 11.0. The molecule has 0 spiro atoms. The summed E-state index contributed by atoms with van der Waals surface area (Å²) in [5.74, 6) is -0.115. The molecule has 1 fully saturated rings. The van der Waals surface area contributed by atoms with Crippen molar-refractivity contribution in [2.75, 3.05) is 13.1 Å². The number of carbonyl (C=O) groups excluding carboxylic acids is 2. The Kier molecular flexibility index (Phi) is 7.24. The van der Waals surface area contributed by atoms with E-state index in [-0.39, 0.29) is 29.3 Å². The molecule has 2 amide bonds. The van der Waals surface area contributed by atoms with Gasteiger partial charge >= 0.3 is 0 Å². The van der Waals surface area contributed by atoms with E-state index < -0.39 is 0 Å². The lowest BCUT2D eigenvalue weighted by atomic mass is 10.0. The predicted octanol–water partition coefficient (Wildman–Crippen LogP) is 2.96. The van der Waals surface area contributed by atoms with Crippen LogP contribution in [-0.4, -0.2) is 45.6 Å². The molecule has 0 bridgehead atoms. The number of unbranched alkanes of at least 4 members (excludes halogenated alkanes) is 2. The SMILES string of the molecule is CCCCCn1nc(C(=O)NC2CCN(C(=O)C(C)C)CC2)c2ccccc2c1=O. The second kappa shape index (κ2) is 9.87. The van der Waals surface area contributed by atoms with Crippen LogP contribution in [0.4, 0.5) is 0 Å². The van der Waals surface area contributed by atoms with Gasteiger partial charge in [-0.15, -0.1) is 0 Å². The highest BCUT2D eigenvalue weighted by Crippen LogP contribution is 2.17. The van der Waals surface area contributed by atoms with Crippen molar-refractivity contribution in [3.63, 3.8) is 0 Å². The molecule has 30 heavy (non-hydrogen) atoms. The highest BCUT2D eigenvalue weighted by atomic mass is 16.2. The van der Waals surface area contributed by atoms with Crippen LogP contribution in [0.1, 0.15) is 63.4 Å². The second-order valence-corrected chi connectivity index (χ2v) is 8.36. The number of hydrogen-bond donors (Lipinski definition) is 1. The van der Waals surface area contributed by atoms with Crippen molar-refractivity contribution < 1.29 is 9.59 Å². The molecule has 3 rings (SSSR count). The topological polar surface area (TPSA) is 84.3 Å². The fourth-order valence-corrected chi connectivity index (χ4v) is 3.93. The van der Waals surface area contributed by atoms with Crippen LogP contribution in [0.15, 0.2) is 29.1 Å². The van der Waals surface area contributed by atoms with Gasteiger partial charge in [-0.05, 0) is 25.3 Å². The zero-order valence-corrected chi connectivity index (χ0v) is 18.2. The molecule has 0 radical (unpaired) electrons. The van der Waals surface area contributed by atoms with Gasteiger partial charge in [-0.2, -0.15) is 5.10 Å². The van der Waals surface area contributed by atoms with E-state index >= 15 is 0 Å². The molecule has 7 heteroatoms. The highest BCUT2D eigenvalue weighted by Gasteiger charge is 2.26. The minimum atomic E-state index is -0.260. The van der Waals surface area contributed by atoms with Crippen molar-refractivity contribution in [1.82, 2.24) is 20.0 Å². The molecule has 1 saturated heterocycles. The molecule has 1 N–H and O–H groups in total. The minimum Gasteiger partial charge on any atom is -0.348 e. The van der Waals surface area contributed by atoms with Gasteiger partial charge < -0.3 is 10.2 Å². The Morgan fingerprint density at radius 1 is 1.13 bits per heavy atom. The van der Waals surface area contributed by atoms with E-state index in [1.54, 1.807) is 12.1 Å². The van der Waals surface area contributed by atoms with Gasteiger partial charge in [0.15, 0.2) is 5.69 Å². The number of likely N-dealkylation sites (tertiary alicyclic amines) is 1. The fourth-order valence-electron chi connectivity index (χ4n) is 3.93. The number of amides is 2. The zero-order valence-electron chi connectivity index (χ0n) is 18.2. The molecule has 0 saturated carbocycles. The Morgan fingerprint density at radius 2 is 1.80 bits per heavy atom. The molecular formula is C23H32N4O3. The van der Waals surface area contributed by atoms with Crippen molar-refractivity contribution in [3.05, 3.63) is 40.3 Å². The Balaban J connectivity index is 1.77. The lowest BCUT2D eigenvalue weighted by Crippen LogP contribution is -2.47. The Bertz CT molecular complexity index is 959. The van der Waals surface area contributed by atoms with E-state index in [1.165, 1.54) is 4.68 Å². The third kappa shape index (κ3) is 4.89. The number of hydrogen-bond acceptors (Lipinski definition) is 4. The van der Waals surface area contributed by atoms with E-state index in [2.05, 4.69) is 17.3 Å². The lowest BCUT2D eigenvalue weighted by Gasteiger charge is -2.33. The van der Waals surface area contributed by atoms with Crippen molar-refractivity contribution in [3.8, 4) is 0 Å². The summed E-state index contributed by atoms with van der Waals surface area (Å²) < 4.78 is 1.43. The molecule has 1 aromatic heterocycles. The van der Waals surface area contributed by atoms with Gasteiger partial charge in [0.25, 0.3) is 11.5 Å². The van der Waals surface area contributed by atoms with Crippen molar-refractivity contribution >= 4 is 22.6 Å². The van der Waals surface area contributed by atoms with Crippen LogP contribution in [0.25, 0.3) is 10.8 Å². The fraction of sp³-hybridized carbons (Fsp3) is 0.565. The molecule has 1 aliphatic rings. The summed E-state index contributed by atoms with van der Waals surface area (Å²) in [6, 6.07) is 7.15. The second-order valence-electron chi connectivity index (χ2n) is 8.36. The summed E-state index contributed by atoms with van der Waals surface area (Å²) in [5.41, 5.74) is 0.140. The average Bonchev–Trinajstić information content (AvgIpc) is 2.75. The lowest BCUT2D eigenvalue weighted by molar-refractivity contribution is -0.135. The number of aromatic nitrogens is 2. The van der Waals surface area contributed by atoms with Crippen LogP contribution in [0.3, 0.4) is 0 Å². The van der Waals surface area contributed by atoms with Gasteiger partial charge in [-0.3, -0.25) is 14.4 Å². The molecule has 7 nitrogen and oxygen atoms in total. The Morgan fingerprint density at radius 3 is 2.43 bits per heavy atom. The molecule has 0 unspecified atom stereocenters. The standard InChI is InChI=1S/C23H32N4O3/c1-4-5-8-13-27-23(30)19-10-7-6-9-18(19)20(25-27)21(28)24-17-11-14-26(15-12-17)22(29)16(2)3/h6-7,9-10,16-17H,4-5,8,11-15H2,1-3H3,(H,24,28). The quantitative estimate of drug-likeness (QED) is 0.709. The van der Waals surface area contributed by atoms with E-state index in [0.717, 1.165) is 32.1 Å². The molecular weight excluding hydrogens is 380 g/mol. The van der Waals surface area contributed by atoms with Crippen LogP contribution in [0.5, 0.6) is 0 Å². The van der Waals surface area contributed by atoms with Gasteiger partial charge in [0.05, 0.1) is 5.39 Å². The monoisotopic (exact) mass is 412 g/mol. The maximum Gasteiger partial charge on any atom is 0.274 e. The number of rotatable bonds is 7. The van der Waals surface area contributed by atoms with Gasteiger partial charge in [-0.25, -0.2) is 4.68 Å². The number of nitrogens with zero attached hydrogens (tertiary/aromatic N) is 3. The highest BCUT2D eigenvalue weighted by molar-refractivity contribution is 6.04. The van der Waals surface area contributed by atoms with Crippen molar-refractivity contribution in [2.24, 2.45) is 5.92 Å². The van der Waals surface area contributed by atoms with E-state index in [0.29, 0.717) is 36.1 Å². The maximum atomic E-state index is 13.1. The smallest absolute Gasteiger partial charge is 0.274 e. The number of piperidine rings is 1. The summed E-state index contributed by atoms with van der Waals surface area (Å²) in [6.07, 6.45) is 4.35. The number of nitrogens with one attached hydrogen (secondary N) is 1. The number of carbonyl (C=O) groups is 2. The van der Waals surface area contributed by atoms with Crippen molar-refractivity contribution in [2.45, 2.75) is 65.5 Å². The van der Waals surface area contributed by atoms with Gasteiger partial charge in [0, 0.05) is 37.0 Å². The molecule has 0 aliphatic carbocycles. The average molecular weight is 413 g/mol. The molecule has 162 valence electrons. The van der Waals surface area contributed by atoms with Crippen molar-refractivity contribution in [1.29, 1.82) is 0 Å². The molecule has 1 aromatic carbocycles. The van der Waals surface area contributed by atoms with E-state index in [1.807, 2.05) is 30.9 Å². The first-order chi connectivity index (χ1) is 14.4. The number of benzene rings is 1. The molecule has 2 aromatic rings. The van der Waals surface area contributed by atoms with Crippen LogP contribution in [0, 0.1) is 5.92 Å². The molecule has 2 heterocycles. The van der Waals surface area contributed by atoms with Crippen LogP contribution >= 0.6 is 0 Å². The molecule has 1 aliphatic heterocycles. The maximum absolute atomic E-state index is 13.1. The summed E-state index contributed by atoms with van der Waals surface area (Å²) in [7, 11) is 0. The summed E-state index contributed by atoms with van der Waals surface area (Å²) in [6.45, 7) is 7.72. The predicted molar refractivity (Wildman–Crippen MR) is 117 cm³/mol. The van der Waals surface area contributed by atoms with Gasteiger partial charge in [-0.1, -0.05) is 51.8 Å². The number of aryl methyl sites for hydroxylation is 1. The number of fused-ring (bicyclic) bond motifs is 1. The Labute approximate surface area is 177 Å². The van der Waals surface area contributed by atoms with Crippen LogP contribution in [0.2, 0.25) is 0 Å².